The van der Waals surface area contributed by atoms with Crippen LogP contribution in [0.4, 0.5) is 0 Å². The van der Waals surface area contributed by atoms with Gasteiger partial charge in [0.25, 0.3) is 0 Å². The maximum atomic E-state index is 11.9. The van der Waals surface area contributed by atoms with Crippen molar-refractivity contribution in [2.24, 2.45) is 11.1 Å². The van der Waals surface area contributed by atoms with Gasteiger partial charge in [-0.25, -0.2) is 0 Å². The van der Waals surface area contributed by atoms with Gasteiger partial charge in [-0.2, -0.15) is 0 Å². The number of hydrogen-bond acceptors (Lipinski definition) is 2. The van der Waals surface area contributed by atoms with Crippen molar-refractivity contribution in [3.05, 3.63) is 0 Å². The third-order valence-corrected chi connectivity index (χ3v) is 3.76. The highest BCUT2D eigenvalue weighted by molar-refractivity contribution is 5.76. The summed E-state index contributed by atoms with van der Waals surface area (Å²) in [7, 11) is 0. The van der Waals surface area contributed by atoms with Gasteiger partial charge in [-0.05, 0) is 37.6 Å². The molecule has 17 heavy (non-hydrogen) atoms. The largest absolute Gasteiger partial charge is 0.343 e. The Hall–Kier alpha value is -0.570. The lowest BCUT2D eigenvalue weighted by Gasteiger charge is -2.27. The highest BCUT2D eigenvalue weighted by atomic mass is 16.2. The number of carbonyl (C=O) groups excluding carboxylic acids is 1. The molecule has 1 rings (SSSR count). The zero-order chi connectivity index (χ0) is 12.7. The quantitative estimate of drug-likeness (QED) is 0.802. The second-order valence-corrected chi connectivity index (χ2v) is 6.02. The minimum absolute atomic E-state index is 0.214. The minimum atomic E-state index is 0.214. The van der Waals surface area contributed by atoms with Crippen molar-refractivity contribution in [1.82, 2.24) is 4.90 Å². The van der Waals surface area contributed by atoms with Gasteiger partial charge in [0, 0.05) is 19.5 Å². The van der Waals surface area contributed by atoms with E-state index in [2.05, 4.69) is 18.7 Å². The Balaban J connectivity index is 2.30. The Labute approximate surface area is 106 Å². The molecule has 0 aromatic carbocycles. The van der Waals surface area contributed by atoms with Gasteiger partial charge in [0.15, 0.2) is 0 Å². The van der Waals surface area contributed by atoms with E-state index in [4.69, 9.17) is 5.73 Å². The van der Waals surface area contributed by atoms with E-state index in [9.17, 15) is 4.79 Å². The molecule has 0 radical (unpaired) electrons. The Morgan fingerprint density at radius 1 is 1.24 bits per heavy atom. The van der Waals surface area contributed by atoms with Crippen LogP contribution in [0.1, 0.15) is 58.8 Å². The molecule has 1 fully saturated rings. The van der Waals surface area contributed by atoms with Crippen LogP contribution in [0.3, 0.4) is 0 Å². The number of hydrogen-bond donors (Lipinski definition) is 1. The molecule has 3 nitrogen and oxygen atoms in total. The van der Waals surface area contributed by atoms with Gasteiger partial charge in [-0.15, -0.1) is 0 Å². The van der Waals surface area contributed by atoms with E-state index in [1.165, 1.54) is 19.3 Å². The Morgan fingerprint density at radius 3 is 2.65 bits per heavy atom. The van der Waals surface area contributed by atoms with Crippen molar-refractivity contribution in [3.8, 4) is 0 Å². The average Bonchev–Trinajstić information content (AvgIpc) is 2.28. The van der Waals surface area contributed by atoms with Crippen molar-refractivity contribution >= 4 is 5.91 Å². The van der Waals surface area contributed by atoms with E-state index in [1.807, 2.05) is 0 Å². The van der Waals surface area contributed by atoms with E-state index < -0.39 is 0 Å². The van der Waals surface area contributed by atoms with Gasteiger partial charge in [-0.1, -0.05) is 26.7 Å². The lowest BCUT2D eigenvalue weighted by Crippen LogP contribution is -2.34. The molecule has 1 aliphatic heterocycles. The van der Waals surface area contributed by atoms with Crippen molar-refractivity contribution in [1.29, 1.82) is 0 Å². The van der Waals surface area contributed by atoms with Crippen LogP contribution in [0.25, 0.3) is 0 Å². The lowest BCUT2D eigenvalue weighted by molar-refractivity contribution is -0.132. The molecule has 1 amide bonds. The maximum Gasteiger partial charge on any atom is 0.222 e. The monoisotopic (exact) mass is 240 g/mol. The van der Waals surface area contributed by atoms with Crippen molar-refractivity contribution in [3.63, 3.8) is 0 Å². The van der Waals surface area contributed by atoms with Crippen molar-refractivity contribution < 1.29 is 4.79 Å². The molecule has 100 valence electrons. The molecule has 1 heterocycles. The topological polar surface area (TPSA) is 46.3 Å². The Kier molecular flexibility index (Phi) is 5.96. The molecule has 1 saturated heterocycles. The second-order valence-electron chi connectivity index (χ2n) is 6.02. The van der Waals surface area contributed by atoms with Gasteiger partial charge in [-0.3, -0.25) is 4.79 Å². The third kappa shape index (κ3) is 5.53. The summed E-state index contributed by atoms with van der Waals surface area (Å²) in [4.78, 5) is 14.0. The number of carbonyl (C=O) groups is 1. The van der Waals surface area contributed by atoms with E-state index in [1.54, 1.807) is 0 Å². The van der Waals surface area contributed by atoms with Crippen LogP contribution in [-0.2, 0) is 4.79 Å². The molecule has 2 N–H and O–H groups in total. The first-order valence-corrected chi connectivity index (χ1v) is 7.03. The van der Waals surface area contributed by atoms with Crippen LogP contribution in [-0.4, -0.2) is 30.4 Å². The fourth-order valence-electron chi connectivity index (χ4n) is 2.30. The standard InChI is InChI=1S/C14H28N2O/c1-14(2,12-15)9-7-11-16-10-6-4-3-5-8-13(16)17/h3-12,15H2,1-2H3. The number of nitrogens with two attached hydrogens (primary N) is 1. The number of likely N-dealkylation sites (tertiary alicyclic amines) is 1. The predicted octanol–water partition coefficient (Wildman–Crippen LogP) is 2.54. The van der Waals surface area contributed by atoms with Crippen LogP contribution < -0.4 is 5.73 Å². The SMILES string of the molecule is CC(C)(CN)CCCN1CCCCCCC1=O. The summed E-state index contributed by atoms with van der Waals surface area (Å²) in [6.45, 7) is 7.00. The second kappa shape index (κ2) is 7.00. The molecular weight excluding hydrogens is 212 g/mol. The molecule has 0 spiro atoms. The summed E-state index contributed by atoms with van der Waals surface area (Å²) >= 11 is 0. The van der Waals surface area contributed by atoms with Crippen LogP contribution in [0, 0.1) is 5.41 Å². The number of amides is 1. The summed E-state index contributed by atoms with van der Waals surface area (Å²) in [5.41, 5.74) is 5.93. The van der Waals surface area contributed by atoms with Crippen LogP contribution in [0.15, 0.2) is 0 Å². The normalized spacial score (nSPS) is 19.0. The van der Waals surface area contributed by atoms with Crippen LogP contribution in [0.5, 0.6) is 0 Å². The molecule has 0 aliphatic carbocycles. The highest BCUT2D eigenvalue weighted by Crippen LogP contribution is 2.21. The zero-order valence-electron chi connectivity index (χ0n) is 11.5. The molecule has 0 bridgehead atoms. The first-order chi connectivity index (χ1) is 8.05. The van der Waals surface area contributed by atoms with E-state index in [0.29, 0.717) is 5.91 Å². The van der Waals surface area contributed by atoms with Gasteiger partial charge < -0.3 is 10.6 Å². The van der Waals surface area contributed by atoms with E-state index in [0.717, 1.165) is 45.3 Å². The fraction of sp³-hybridized carbons (Fsp3) is 0.929. The third-order valence-electron chi connectivity index (χ3n) is 3.76. The van der Waals surface area contributed by atoms with Crippen molar-refractivity contribution in [2.45, 2.75) is 58.8 Å². The number of nitrogens with zero attached hydrogens (tertiary/aromatic N) is 1. The first kappa shape index (κ1) is 14.5. The first-order valence-electron chi connectivity index (χ1n) is 7.03. The van der Waals surface area contributed by atoms with Crippen LogP contribution in [0.2, 0.25) is 0 Å². The molecule has 0 aromatic heterocycles. The summed E-state index contributed by atoms with van der Waals surface area (Å²) in [6, 6.07) is 0. The van der Waals surface area contributed by atoms with Crippen LogP contribution >= 0.6 is 0 Å². The molecule has 0 atom stereocenters. The van der Waals surface area contributed by atoms with E-state index in [-0.39, 0.29) is 5.41 Å². The fourth-order valence-corrected chi connectivity index (χ4v) is 2.30. The van der Waals surface area contributed by atoms with Gasteiger partial charge in [0.2, 0.25) is 5.91 Å². The molecule has 0 unspecified atom stereocenters. The van der Waals surface area contributed by atoms with Crippen molar-refractivity contribution in [2.75, 3.05) is 19.6 Å². The molecule has 0 saturated carbocycles. The Bertz CT molecular complexity index is 238. The number of rotatable bonds is 5. The summed E-state index contributed by atoms with van der Waals surface area (Å²) in [5, 5.41) is 0. The smallest absolute Gasteiger partial charge is 0.222 e. The van der Waals surface area contributed by atoms with Gasteiger partial charge in [0.05, 0.1) is 0 Å². The van der Waals surface area contributed by atoms with Gasteiger partial charge in [0.1, 0.15) is 0 Å². The predicted molar refractivity (Wildman–Crippen MR) is 71.7 cm³/mol. The minimum Gasteiger partial charge on any atom is -0.343 e. The molecular formula is C14H28N2O. The average molecular weight is 240 g/mol. The highest BCUT2D eigenvalue weighted by Gasteiger charge is 2.18. The lowest BCUT2D eigenvalue weighted by atomic mass is 9.88. The molecule has 3 heteroatoms. The Morgan fingerprint density at radius 2 is 1.94 bits per heavy atom. The summed E-state index contributed by atoms with van der Waals surface area (Å²) in [6.07, 6.45) is 7.68. The van der Waals surface area contributed by atoms with E-state index >= 15 is 0 Å². The van der Waals surface area contributed by atoms with Gasteiger partial charge >= 0.3 is 0 Å². The zero-order valence-corrected chi connectivity index (χ0v) is 11.5. The maximum absolute atomic E-state index is 11.9. The molecule has 1 aliphatic rings. The molecule has 0 aromatic rings. The summed E-state index contributed by atoms with van der Waals surface area (Å²) in [5.74, 6) is 0.357. The summed E-state index contributed by atoms with van der Waals surface area (Å²) < 4.78 is 0.